The quantitative estimate of drug-likeness (QED) is 0.731. The summed E-state index contributed by atoms with van der Waals surface area (Å²) in [5.41, 5.74) is 2.18. The van der Waals surface area contributed by atoms with Crippen molar-refractivity contribution in [3.63, 3.8) is 0 Å². The number of rotatable bonds is 7. The minimum Gasteiger partial charge on any atom is -0.495 e. The van der Waals surface area contributed by atoms with Crippen LogP contribution in [0.3, 0.4) is 0 Å². The van der Waals surface area contributed by atoms with Crippen molar-refractivity contribution in [2.75, 3.05) is 25.6 Å². The summed E-state index contributed by atoms with van der Waals surface area (Å²) in [5, 5.41) is 3.89. The number of hydrogen-bond donors (Lipinski definition) is 1. The molecule has 2 aromatic carbocycles. The molecule has 0 fully saturated rings. The van der Waals surface area contributed by atoms with Gasteiger partial charge in [0.1, 0.15) is 18.1 Å². The van der Waals surface area contributed by atoms with Gasteiger partial charge in [-0.3, -0.25) is 0 Å². The highest BCUT2D eigenvalue weighted by Gasteiger charge is 2.06. The topological polar surface area (TPSA) is 30.5 Å². The molecule has 0 saturated heterocycles. The van der Waals surface area contributed by atoms with Crippen LogP contribution in [0.2, 0.25) is 5.02 Å². The van der Waals surface area contributed by atoms with Crippen molar-refractivity contribution in [1.29, 1.82) is 0 Å². The molecule has 0 bridgehead atoms. The summed E-state index contributed by atoms with van der Waals surface area (Å²) in [6, 6.07) is 13.8. The van der Waals surface area contributed by atoms with Gasteiger partial charge in [-0.1, -0.05) is 43.6 Å². The van der Waals surface area contributed by atoms with E-state index in [0.29, 0.717) is 29.8 Å². The normalized spacial score (nSPS) is 10.6. The number of benzene rings is 2. The van der Waals surface area contributed by atoms with Crippen LogP contribution in [0.5, 0.6) is 11.5 Å². The van der Waals surface area contributed by atoms with Crippen molar-refractivity contribution >= 4 is 17.3 Å². The van der Waals surface area contributed by atoms with Crippen LogP contribution in [0.25, 0.3) is 0 Å². The van der Waals surface area contributed by atoms with Crippen molar-refractivity contribution in [3.05, 3.63) is 53.1 Å². The lowest BCUT2D eigenvalue weighted by Gasteiger charge is -2.14. The highest BCUT2D eigenvalue weighted by molar-refractivity contribution is 6.32. The molecule has 0 amide bonds. The Morgan fingerprint density at radius 2 is 1.86 bits per heavy atom. The van der Waals surface area contributed by atoms with Gasteiger partial charge in [0.15, 0.2) is 0 Å². The van der Waals surface area contributed by atoms with E-state index in [0.717, 1.165) is 11.4 Å². The van der Waals surface area contributed by atoms with E-state index >= 15 is 0 Å². The number of halogens is 1. The summed E-state index contributed by atoms with van der Waals surface area (Å²) in [4.78, 5) is 0. The van der Waals surface area contributed by atoms with Crippen molar-refractivity contribution < 1.29 is 9.47 Å². The molecule has 1 N–H and O–H groups in total. The molecule has 0 unspecified atom stereocenters. The molecule has 3 nitrogen and oxygen atoms in total. The monoisotopic (exact) mass is 319 g/mol. The van der Waals surface area contributed by atoms with Gasteiger partial charge in [-0.2, -0.15) is 0 Å². The second-order valence-electron chi connectivity index (χ2n) is 5.32. The Kier molecular flexibility index (Phi) is 5.96. The number of hydrogen-bond acceptors (Lipinski definition) is 3. The third-order valence-corrected chi connectivity index (χ3v) is 3.68. The van der Waals surface area contributed by atoms with Crippen LogP contribution in [0.4, 0.5) is 5.69 Å². The summed E-state index contributed by atoms with van der Waals surface area (Å²) < 4.78 is 11.0. The first kappa shape index (κ1) is 16.5. The first-order valence-corrected chi connectivity index (χ1v) is 7.78. The first-order chi connectivity index (χ1) is 10.6. The van der Waals surface area contributed by atoms with Gasteiger partial charge in [-0.05, 0) is 35.7 Å². The minimum atomic E-state index is 0.449. The Hall–Kier alpha value is -1.87. The summed E-state index contributed by atoms with van der Waals surface area (Å²) in [5.74, 6) is 2.07. The van der Waals surface area contributed by atoms with Gasteiger partial charge in [0.2, 0.25) is 0 Å². The van der Waals surface area contributed by atoms with E-state index in [1.165, 1.54) is 5.56 Å². The maximum Gasteiger partial charge on any atom is 0.137 e. The molecule has 0 saturated carbocycles. The zero-order valence-electron chi connectivity index (χ0n) is 13.2. The number of ether oxygens (including phenoxy) is 2. The zero-order valence-corrected chi connectivity index (χ0v) is 14.0. The van der Waals surface area contributed by atoms with Crippen LogP contribution >= 0.6 is 11.6 Å². The molecule has 0 spiro atoms. The Morgan fingerprint density at radius 3 is 2.55 bits per heavy atom. The second-order valence-corrected chi connectivity index (χ2v) is 5.72. The van der Waals surface area contributed by atoms with Crippen LogP contribution in [0.1, 0.15) is 25.3 Å². The van der Waals surface area contributed by atoms with E-state index in [2.05, 4.69) is 25.2 Å². The van der Waals surface area contributed by atoms with Gasteiger partial charge in [-0.15, -0.1) is 0 Å². The number of anilines is 1. The van der Waals surface area contributed by atoms with Gasteiger partial charge >= 0.3 is 0 Å². The molecule has 0 heterocycles. The predicted molar refractivity (Wildman–Crippen MR) is 92.5 cm³/mol. The lowest BCUT2D eigenvalue weighted by atomic mass is 10.0. The molecular formula is C18H22ClNO2. The first-order valence-electron chi connectivity index (χ1n) is 7.41. The largest absolute Gasteiger partial charge is 0.495 e. The summed E-state index contributed by atoms with van der Waals surface area (Å²) in [7, 11) is 1.61. The van der Waals surface area contributed by atoms with Gasteiger partial charge in [0, 0.05) is 12.2 Å². The Labute approximate surface area is 137 Å². The van der Waals surface area contributed by atoms with Crippen LogP contribution in [0, 0.1) is 0 Å². The van der Waals surface area contributed by atoms with Gasteiger partial charge in [0.25, 0.3) is 0 Å². The average Bonchev–Trinajstić information content (AvgIpc) is 2.52. The molecule has 0 aromatic heterocycles. The molecule has 0 radical (unpaired) electrons. The number of para-hydroxylation sites is 1. The molecule has 118 valence electrons. The molecular weight excluding hydrogens is 298 g/mol. The summed E-state index contributed by atoms with van der Waals surface area (Å²) in [6.07, 6.45) is 0. The SMILES string of the molecule is COc1ccc(NCCOc2ccccc2C(C)C)cc1Cl. The highest BCUT2D eigenvalue weighted by Crippen LogP contribution is 2.27. The molecule has 0 aliphatic carbocycles. The Bertz CT molecular complexity index is 614. The second kappa shape index (κ2) is 7.95. The van der Waals surface area contributed by atoms with Gasteiger partial charge in [-0.25, -0.2) is 0 Å². The predicted octanol–water partition coefficient (Wildman–Crippen LogP) is 4.96. The molecule has 2 rings (SSSR count). The van der Waals surface area contributed by atoms with Crippen molar-refractivity contribution in [2.45, 2.75) is 19.8 Å². The molecule has 0 aliphatic rings. The van der Waals surface area contributed by atoms with E-state index in [4.69, 9.17) is 21.1 Å². The van der Waals surface area contributed by atoms with Gasteiger partial charge < -0.3 is 14.8 Å². The van der Waals surface area contributed by atoms with Crippen LogP contribution in [-0.2, 0) is 0 Å². The van der Waals surface area contributed by atoms with E-state index in [9.17, 15) is 0 Å². The third kappa shape index (κ3) is 4.31. The third-order valence-electron chi connectivity index (χ3n) is 3.38. The smallest absolute Gasteiger partial charge is 0.137 e. The summed E-state index contributed by atoms with van der Waals surface area (Å²) >= 11 is 6.10. The fourth-order valence-corrected chi connectivity index (χ4v) is 2.48. The van der Waals surface area contributed by atoms with Crippen molar-refractivity contribution in [1.82, 2.24) is 0 Å². The molecule has 4 heteroatoms. The number of methoxy groups -OCH3 is 1. The van der Waals surface area contributed by atoms with Crippen LogP contribution < -0.4 is 14.8 Å². The standard InChI is InChI=1S/C18H22ClNO2/c1-13(2)15-6-4-5-7-17(15)22-11-10-20-14-8-9-18(21-3)16(19)12-14/h4-9,12-13,20H,10-11H2,1-3H3. The van der Waals surface area contributed by atoms with E-state index in [1.807, 2.05) is 36.4 Å². The van der Waals surface area contributed by atoms with Crippen molar-refractivity contribution in [3.8, 4) is 11.5 Å². The highest BCUT2D eigenvalue weighted by atomic mass is 35.5. The van der Waals surface area contributed by atoms with Crippen LogP contribution in [0.15, 0.2) is 42.5 Å². The molecule has 0 aliphatic heterocycles. The zero-order chi connectivity index (χ0) is 15.9. The average molecular weight is 320 g/mol. The molecule has 22 heavy (non-hydrogen) atoms. The maximum atomic E-state index is 6.10. The lowest BCUT2D eigenvalue weighted by Crippen LogP contribution is -2.12. The minimum absolute atomic E-state index is 0.449. The van der Waals surface area contributed by atoms with E-state index in [1.54, 1.807) is 7.11 Å². The molecule has 0 atom stereocenters. The van der Waals surface area contributed by atoms with Gasteiger partial charge in [0.05, 0.1) is 12.1 Å². The van der Waals surface area contributed by atoms with Crippen molar-refractivity contribution in [2.24, 2.45) is 0 Å². The fourth-order valence-electron chi connectivity index (χ4n) is 2.22. The van der Waals surface area contributed by atoms with E-state index < -0.39 is 0 Å². The van der Waals surface area contributed by atoms with Crippen LogP contribution in [-0.4, -0.2) is 20.3 Å². The fraction of sp³-hybridized carbons (Fsp3) is 0.333. The lowest BCUT2D eigenvalue weighted by molar-refractivity contribution is 0.328. The summed E-state index contributed by atoms with van der Waals surface area (Å²) in [6.45, 7) is 5.63. The number of nitrogens with one attached hydrogen (secondary N) is 1. The Balaban J connectivity index is 1.86. The maximum absolute atomic E-state index is 6.10. The molecule has 2 aromatic rings. The Morgan fingerprint density at radius 1 is 1.09 bits per heavy atom. The van der Waals surface area contributed by atoms with E-state index in [-0.39, 0.29) is 0 Å².